The van der Waals surface area contributed by atoms with Crippen LogP contribution in [0.15, 0.2) is 40.9 Å². The van der Waals surface area contributed by atoms with Crippen molar-refractivity contribution in [1.29, 1.82) is 0 Å². The van der Waals surface area contributed by atoms with Crippen LogP contribution >= 0.6 is 15.9 Å². The van der Waals surface area contributed by atoms with Gasteiger partial charge in [-0.1, -0.05) is 12.1 Å². The molecule has 0 saturated carbocycles. The highest BCUT2D eigenvalue weighted by Gasteiger charge is 2.16. The van der Waals surface area contributed by atoms with Gasteiger partial charge in [-0.05, 0) is 72.1 Å². The predicted molar refractivity (Wildman–Crippen MR) is 103 cm³/mol. The van der Waals surface area contributed by atoms with E-state index >= 15 is 0 Å². The molecule has 132 valence electrons. The molecule has 0 aliphatic rings. The molecule has 0 fully saturated rings. The van der Waals surface area contributed by atoms with Crippen molar-refractivity contribution in [3.05, 3.63) is 52.0 Å². The minimum absolute atomic E-state index is 0.160. The van der Waals surface area contributed by atoms with Gasteiger partial charge in [-0.3, -0.25) is 9.59 Å². The lowest BCUT2D eigenvalue weighted by atomic mass is 10.1. The Bertz CT molecular complexity index is 805. The van der Waals surface area contributed by atoms with E-state index in [0.717, 1.165) is 15.6 Å². The summed E-state index contributed by atoms with van der Waals surface area (Å²) >= 11 is 3.44. The molecule has 0 aliphatic carbocycles. The van der Waals surface area contributed by atoms with E-state index < -0.39 is 6.10 Å². The fraction of sp³-hybridized carbons (Fsp3) is 0.263. The lowest BCUT2D eigenvalue weighted by Crippen LogP contribution is -2.30. The van der Waals surface area contributed by atoms with Crippen molar-refractivity contribution in [1.82, 2.24) is 0 Å². The minimum atomic E-state index is -0.676. The summed E-state index contributed by atoms with van der Waals surface area (Å²) in [6.45, 7) is 7.00. The van der Waals surface area contributed by atoms with E-state index in [9.17, 15) is 9.59 Å². The van der Waals surface area contributed by atoms with E-state index in [-0.39, 0.29) is 11.8 Å². The van der Waals surface area contributed by atoms with Crippen LogP contribution < -0.4 is 15.4 Å². The quantitative estimate of drug-likeness (QED) is 0.774. The number of aryl methyl sites for hydroxylation is 2. The van der Waals surface area contributed by atoms with Crippen molar-refractivity contribution < 1.29 is 14.3 Å². The Labute approximate surface area is 155 Å². The molecule has 1 atom stereocenters. The summed E-state index contributed by atoms with van der Waals surface area (Å²) in [5.74, 6) is 0.175. The maximum Gasteiger partial charge on any atom is 0.265 e. The summed E-state index contributed by atoms with van der Waals surface area (Å²) < 4.78 is 6.53. The zero-order chi connectivity index (χ0) is 18.6. The lowest BCUT2D eigenvalue weighted by molar-refractivity contribution is -0.122. The molecule has 1 unspecified atom stereocenters. The summed E-state index contributed by atoms with van der Waals surface area (Å²) in [4.78, 5) is 23.6. The average molecular weight is 405 g/mol. The van der Waals surface area contributed by atoms with E-state index in [1.807, 2.05) is 38.1 Å². The topological polar surface area (TPSA) is 67.4 Å². The van der Waals surface area contributed by atoms with Crippen molar-refractivity contribution in [3.8, 4) is 5.75 Å². The number of rotatable bonds is 5. The first-order valence-corrected chi connectivity index (χ1v) is 8.67. The molecule has 2 aromatic rings. The van der Waals surface area contributed by atoms with Crippen LogP contribution in [0, 0.1) is 13.8 Å². The number of ether oxygens (including phenoxy) is 1. The van der Waals surface area contributed by atoms with Gasteiger partial charge in [0, 0.05) is 18.3 Å². The number of anilines is 2. The Morgan fingerprint density at radius 3 is 2.44 bits per heavy atom. The predicted octanol–water partition coefficient (Wildman–Crippen LogP) is 4.43. The van der Waals surface area contributed by atoms with Gasteiger partial charge in [-0.15, -0.1) is 0 Å². The fourth-order valence-electron chi connectivity index (χ4n) is 2.21. The van der Waals surface area contributed by atoms with Crippen LogP contribution in [-0.4, -0.2) is 17.9 Å². The smallest absolute Gasteiger partial charge is 0.265 e. The number of hydrogen-bond acceptors (Lipinski definition) is 3. The summed E-state index contributed by atoms with van der Waals surface area (Å²) in [5.41, 5.74) is 3.28. The second-order valence-corrected chi connectivity index (χ2v) is 6.75. The molecular weight excluding hydrogens is 384 g/mol. The second-order valence-electron chi connectivity index (χ2n) is 5.89. The highest BCUT2D eigenvalue weighted by molar-refractivity contribution is 9.10. The van der Waals surface area contributed by atoms with Gasteiger partial charge in [0.25, 0.3) is 5.91 Å². The SMILES string of the molecule is CC(=O)Nc1cc(NC(=O)C(C)Oc2ccc(C)cc2Br)ccc1C. The molecule has 2 rings (SSSR count). The molecule has 0 aliphatic heterocycles. The van der Waals surface area contributed by atoms with Crippen molar-refractivity contribution in [2.45, 2.75) is 33.8 Å². The molecule has 25 heavy (non-hydrogen) atoms. The number of carbonyl (C=O) groups is 2. The van der Waals surface area contributed by atoms with Gasteiger partial charge in [-0.2, -0.15) is 0 Å². The number of carbonyl (C=O) groups excluding carboxylic acids is 2. The van der Waals surface area contributed by atoms with Crippen molar-refractivity contribution in [3.63, 3.8) is 0 Å². The minimum Gasteiger partial charge on any atom is -0.480 e. The number of amides is 2. The zero-order valence-corrected chi connectivity index (χ0v) is 16.2. The number of benzene rings is 2. The van der Waals surface area contributed by atoms with Crippen LogP contribution in [0.5, 0.6) is 5.75 Å². The lowest BCUT2D eigenvalue weighted by Gasteiger charge is -2.17. The van der Waals surface area contributed by atoms with Crippen LogP contribution in [0.25, 0.3) is 0 Å². The van der Waals surface area contributed by atoms with Crippen LogP contribution in [0.4, 0.5) is 11.4 Å². The first kappa shape index (κ1) is 19.0. The van der Waals surface area contributed by atoms with Gasteiger partial charge in [0.15, 0.2) is 6.10 Å². The molecule has 2 aromatic carbocycles. The van der Waals surface area contributed by atoms with Gasteiger partial charge < -0.3 is 15.4 Å². The van der Waals surface area contributed by atoms with Gasteiger partial charge in [0.05, 0.1) is 4.47 Å². The maximum absolute atomic E-state index is 12.4. The van der Waals surface area contributed by atoms with E-state index in [1.54, 1.807) is 19.1 Å². The largest absolute Gasteiger partial charge is 0.480 e. The van der Waals surface area contributed by atoms with Crippen LogP contribution in [-0.2, 0) is 9.59 Å². The molecule has 0 bridgehead atoms. The molecule has 6 heteroatoms. The first-order valence-electron chi connectivity index (χ1n) is 7.88. The van der Waals surface area contributed by atoms with Gasteiger partial charge >= 0.3 is 0 Å². The van der Waals surface area contributed by atoms with Crippen molar-refractivity contribution >= 4 is 39.1 Å². The van der Waals surface area contributed by atoms with Crippen LogP contribution in [0.1, 0.15) is 25.0 Å². The Hall–Kier alpha value is -2.34. The molecule has 0 saturated heterocycles. The molecular formula is C19H21BrN2O3. The molecule has 0 heterocycles. The molecule has 2 amide bonds. The molecule has 0 radical (unpaired) electrons. The molecule has 0 spiro atoms. The number of hydrogen-bond donors (Lipinski definition) is 2. The standard InChI is InChI=1S/C19H21BrN2O3/c1-11-5-8-18(16(20)9-11)25-13(3)19(24)22-15-7-6-12(2)17(10-15)21-14(4)23/h5-10,13H,1-4H3,(H,21,23)(H,22,24). The second kappa shape index (κ2) is 8.16. The van der Waals surface area contributed by atoms with Crippen molar-refractivity contribution in [2.75, 3.05) is 10.6 Å². The fourth-order valence-corrected chi connectivity index (χ4v) is 2.80. The van der Waals surface area contributed by atoms with Gasteiger partial charge in [-0.25, -0.2) is 0 Å². The third-order valence-corrected chi connectivity index (χ3v) is 4.20. The summed E-state index contributed by atoms with van der Waals surface area (Å²) in [6, 6.07) is 11.0. The monoisotopic (exact) mass is 404 g/mol. The van der Waals surface area contributed by atoms with Gasteiger partial charge in [0.1, 0.15) is 5.75 Å². The summed E-state index contributed by atoms with van der Waals surface area (Å²) in [6.07, 6.45) is -0.676. The van der Waals surface area contributed by atoms with E-state index in [2.05, 4.69) is 26.6 Å². The van der Waals surface area contributed by atoms with Crippen molar-refractivity contribution in [2.24, 2.45) is 0 Å². The normalized spacial score (nSPS) is 11.6. The van der Waals surface area contributed by atoms with Crippen LogP contribution in [0.2, 0.25) is 0 Å². The number of halogens is 1. The highest BCUT2D eigenvalue weighted by Crippen LogP contribution is 2.27. The molecule has 2 N–H and O–H groups in total. The Morgan fingerprint density at radius 1 is 1.08 bits per heavy atom. The summed E-state index contributed by atoms with van der Waals surface area (Å²) in [5, 5.41) is 5.54. The third-order valence-electron chi connectivity index (χ3n) is 3.58. The Balaban J connectivity index is 2.07. The zero-order valence-electron chi connectivity index (χ0n) is 14.6. The summed E-state index contributed by atoms with van der Waals surface area (Å²) in [7, 11) is 0. The third kappa shape index (κ3) is 5.32. The number of nitrogens with one attached hydrogen (secondary N) is 2. The van der Waals surface area contributed by atoms with E-state index in [4.69, 9.17) is 4.74 Å². The molecule has 5 nitrogen and oxygen atoms in total. The van der Waals surface area contributed by atoms with E-state index in [0.29, 0.717) is 17.1 Å². The first-order chi connectivity index (χ1) is 11.8. The maximum atomic E-state index is 12.4. The Morgan fingerprint density at radius 2 is 1.80 bits per heavy atom. The van der Waals surface area contributed by atoms with Crippen LogP contribution in [0.3, 0.4) is 0 Å². The Kier molecular flexibility index (Phi) is 6.20. The average Bonchev–Trinajstić information content (AvgIpc) is 2.52. The highest BCUT2D eigenvalue weighted by atomic mass is 79.9. The molecule has 0 aromatic heterocycles. The van der Waals surface area contributed by atoms with Gasteiger partial charge in [0.2, 0.25) is 5.91 Å². The van der Waals surface area contributed by atoms with E-state index in [1.165, 1.54) is 6.92 Å².